The lowest BCUT2D eigenvalue weighted by molar-refractivity contribution is -0.117. The molecule has 5 N–H and O–H groups in total. The number of nitrogens with two attached hydrogens (primary N) is 2. The molecule has 1 aromatic rings. The zero-order valence-corrected chi connectivity index (χ0v) is 13.8. The Bertz CT molecular complexity index is 544. The molecule has 126 valence electrons. The number of piperidine rings is 1. The first-order valence-electron chi connectivity index (χ1n) is 7.72. The molecule has 1 aromatic carbocycles. The summed E-state index contributed by atoms with van der Waals surface area (Å²) < 4.78 is 13.1. The fraction of sp³-hybridized carbons (Fsp3) is 0.500. The number of hydrogen-bond donors (Lipinski definition) is 3. The summed E-state index contributed by atoms with van der Waals surface area (Å²) in [4.78, 5) is 13.5. The lowest BCUT2D eigenvalue weighted by atomic mass is 10.1. The number of primary amides is 1. The standard InChI is InChI=1S/C16H23FN4OS/c17-13-5-7-21(8-6-13)10-12-3-1-11(2-4-12)9-20-16(23)14(18)15(19)22/h1-4,13-14H,5-10,18H2,(H2,19,22)(H,20,23). The average molecular weight is 338 g/mol. The van der Waals surface area contributed by atoms with Crippen LogP contribution in [0.3, 0.4) is 0 Å². The van der Waals surface area contributed by atoms with Crippen LogP contribution >= 0.6 is 12.2 Å². The number of carbonyl (C=O) groups excluding carboxylic acids is 1. The number of alkyl halides is 1. The Balaban J connectivity index is 1.80. The van der Waals surface area contributed by atoms with E-state index in [0.29, 0.717) is 19.4 Å². The second kappa shape index (κ2) is 8.33. The Labute approximate surface area is 141 Å². The highest BCUT2D eigenvalue weighted by Gasteiger charge is 2.18. The molecule has 0 bridgehead atoms. The van der Waals surface area contributed by atoms with Crippen LogP contribution in [0.15, 0.2) is 24.3 Å². The van der Waals surface area contributed by atoms with E-state index in [4.69, 9.17) is 23.7 Å². The van der Waals surface area contributed by atoms with Crippen LogP contribution in [0.2, 0.25) is 0 Å². The minimum Gasteiger partial charge on any atom is -0.374 e. The van der Waals surface area contributed by atoms with Gasteiger partial charge in [-0.3, -0.25) is 9.69 Å². The van der Waals surface area contributed by atoms with Gasteiger partial charge in [0.1, 0.15) is 17.2 Å². The van der Waals surface area contributed by atoms with Crippen LogP contribution in [0.4, 0.5) is 4.39 Å². The maximum atomic E-state index is 13.1. The lowest BCUT2D eigenvalue weighted by Crippen LogP contribution is -2.47. The number of carbonyl (C=O) groups is 1. The number of amides is 1. The number of thiocarbonyl (C=S) groups is 1. The molecule has 2 rings (SSSR count). The molecule has 5 nitrogen and oxygen atoms in total. The van der Waals surface area contributed by atoms with Crippen LogP contribution < -0.4 is 16.8 Å². The monoisotopic (exact) mass is 338 g/mol. The summed E-state index contributed by atoms with van der Waals surface area (Å²) in [7, 11) is 0. The number of halogens is 1. The molecular formula is C16H23FN4OS. The van der Waals surface area contributed by atoms with Crippen LogP contribution in [-0.4, -0.2) is 41.1 Å². The van der Waals surface area contributed by atoms with E-state index in [9.17, 15) is 9.18 Å². The molecule has 0 aliphatic carbocycles. The van der Waals surface area contributed by atoms with E-state index in [1.165, 1.54) is 5.56 Å². The Morgan fingerprint density at radius 1 is 1.30 bits per heavy atom. The van der Waals surface area contributed by atoms with Gasteiger partial charge >= 0.3 is 0 Å². The number of nitrogens with one attached hydrogen (secondary N) is 1. The van der Waals surface area contributed by atoms with Gasteiger partial charge in [-0.1, -0.05) is 36.5 Å². The van der Waals surface area contributed by atoms with Gasteiger partial charge in [-0.2, -0.15) is 0 Å². The van der Waals surface area contributed by atoms with Gasteiger partial charge in [0.15, 0.2) is 0 Å². The van der Waals surface area contributed by atoms with Crippen LogP contribution in [0.1, 0.15) is 24.0 Å². The van der Waals surface area contributed by atoms with E-state index in [2.05, 4.69) is 22.3 Å². The molecule has 1 fully saturated rings. The molecule has 1 heterocycles. The first-order chi connectivity index (χ1) is 11.0. The first kappa shape index (κ1) is 17.8. The van der Waals surface area contributed by atoms with Crippen LogP contribution in [0.5, 0.6) is 0 Å². The normalized spacial score (nSPS) is 17.7. The maximum absolute atomic E-state index is 13.1. The van der Waals surface area contributed by atoms with Crippen molar-refractivity contribution in [2.45, 2.75) is 38.1 Å². The van der Waals surface area contributed by atoms with Crippen LogP contribution in [0, 0.1) is 0 Å². The largest absolute Gasteiger partial charge is 0.374 e. The smallest absolute Gasteiger partial charge is 0.241 e. The Morgan fingerprint density at radius 3 is 2.43 bits per heavy atom. The molecule has 0 radical (unpaired) electrons. The van der Waals surface area contributed by atoms with Crippen molar-refractivity contribution < 1.29 is 9.18 Å². The minimum absolute atomic E-state index is 0.246. The third-order valence-corrected chi connectivity index (χ3v) is 4.40. The summed E-state index contributed by atoms with van der Waals surface area (Å²) in [6, 6.07) is 7.15. The second-order valence-corrected chi connectivity index (χ2v) is 6.30. The van der Waals surface area contributed by atoms with Gasteiger partial charge in [0, 0.05) is 26.2 Å². The molecule has 1 atom stereocenters. The zero-order chi connectivity index (χ0) is 16.8. The minimum atomic E-state index is -0.956. The summed E-state index contributed by atoms with van der Waals surface area (Å²) in [6.45, 7) is 2.95. The van der Waals surface area contributed by atoms with E-state index >= 15 is 0 Å². The Morgan fingerprint density at radius 2 is 1.87 bits per heavy atom. The molecule has 1 saturated heterocycles. The predicted molar refractivity (Wildman–Crippen MR) is 92.5 cm³/mol. The Hall–Kier alpha value is -1.57. The topological polar surface area (TPSA) is 84.4 Å². The van der Waals surface area contributed by atoms with E-state index in [-0.39, 0.29) is 4.99 Å². The van der Waals surface area contributed by atoms with Gasteiger partial charge in [0.05, 0.1) is 0 Å². The Kier molecular flexibility index (Phi) is 6.44. The summed E-state index contributed by atoms with van der Waals surface area (Å²) >= 11 is 5.02. The molecule has 7 heteroatoms. The number of hydrogen-bond acceptors (Lipinski definition) is 4. The summed E-state index contributed by atoms with van der Waals surface area (Å²) in [5.74, 6) is -0.644. The third-order valence-electron chi connectivity index (χ3n) is 4.00. The summed E-state index contributed by atoms with van der Waals surface area (Å²) in [5.41, 5.74) is 12.9. The molecular weight excluding hydrogens is 315 g/mol. The van der Waals surface area contributed by atoms with Crippen molar-refractivity contribution in [2.75, 3.05) is 13.1 Å². The number of likely N-dealkylation sites (tertiary alicyclic amines) is 1. The molecule has 23 heavy (non-hydrogen) atoms. The van der Waals surface area contributed by atoms with E-state index in [1.54, 1.807) is 0 Å². The van der Waals surface area contributed by atoms with Gasteiger partial charge < -0.3 is 16.8 Å². The average Bonchev–Trinajstić information content (AvgIpc) is 2.55. The molecule has 0 aromatic heterocycles. The maximum Gasteiger partial charge on any atom is 0.241 e. The van der Waals surface area contributed by atoms with Crippen LogP contribution in [0.25, 0.3) is 0 Å². The van der Waals surface area contributed by atoms with Gasteiger partial charge in [-0.05, 0) is 24.0 Å². The van der Waals surface area contributed by atoms with Gasteiger partial charge in [0.2, 0.25) is 5.91 Å². The third kappa shape index (κ3) is 5.53. The molecule has 0 saturated carbocycles. The van der Waals surface area contributed by atoms with E-state index < -0.39 is 18.1 Å². The number of benzene rings is 1. The fourth-order valence-electron chi connectivity index (χ4n) is 2.51. The molecule has 1 aliphatic rings. The highest BCUT2D eigenvalue weighted by Crippen LogP contribution is 2.16. The summed E-state index contributed by atoms with van der Waals surface area (Å²) in [6.07, 6.45) is 0.606. The van der Waals surface area contributed by atoms with E-state index in [0.717, 1.165) is 25.2 Å². The van der Waals surface area contributed by atoms with Crippen molar-refractivity contribution >= 4 is 23.1 Å². The number of nitrogens with zero attached hydrogens (tertiary/aromatic N) is 1. The number of rotatable bonds is 6. The van der Waals surface area contributed by atoms with Crippen molar-refractivity contribution in [3.8, 4) is 0 Å². The van der Waals surface area contributed by atoms with Crippen LogP contribution in [-0.2, 0) is 17.9 Å². The van der Waals surface area contributed by atoms with E-state index in [1.807, 2.05) is 12.1 Å². The summed E-state index contributed by atoms with van der Waals surface area (Å²) in [5, 5.41) is 2.94. The lowest BCUT2D eigenvalue weighted by Gasteiger charge is -2.28. The predicted octanol–water partition coefficient (Wildman–Crippen LogP) is 0.850. The van der Waals surface area contributed by atoms with Gasteiger partial charge in [-0.15, -0.1) is 0 Å². The highest BCUT2D eigenvalue weighted by atomic mass is 32.1. The van der Waals surface area contributed by atoms with Gasteiger partial charge in [0.25, 0.3) is 0 Å². The first-order valence-corrected chi connectivity index (χ1v) is 8.13. The van der Waals surface area contributed by atoms with Crippen molar-refractivity contribution in [1.29, 1.82) is 0 Å². The van der Waals surface area contributed by atoms with Crippen molar-refractivity contribution in [3.05, 3.63) is 35.4 Å². The van der Waals surface area contributed by atoms with Crippen molar-refractivity contribution in [2.24, 2.45) is 11.5 Å². The zero-order valence-electron chi connectivity index (χ0n) is 13.0. The van der Waals surface area contributed by atoms with Crippen molar-refractivity contribution in [1.82, 2.24) is 10.2 Å². The molecule has 1 amide bonds. The molecule has 1 aliphatic heterocycles. The fourth-order valence-corrected chi connectivity index (χ4v) is 2.70. The van der Waals surface area contributed by atoms with Crippen molar-refractivity contribution in [3.63, 3.8) is 0 Å². The molecule has 1 unspecified atom stereocenters. The van der Waals surface area contributed by atoms with Gasteiger partial charge in [-0.25, -0.2) is 4.39 Å². The SMILES string of the molecule is NC(=O)C(N)C(=S)NCc1ccc(CN2CCC(F)CC2)cc1. The second-order valence-electron chi connectivity index (χ2n) is 5.87. The molecule has 0 spiro atoms. The highest BCUT2D eigenvalue weighted by molar-refractivity contribution is 7.80. The quantitative estimate of drug-likeness (QED) is 0.670.